The Balaban J connectivity index is 1.96. The van der Waals surface area contributed by atoms with Gasteiger partial charge in [-0.15, -0.1) is 0 Å². The molecule has 0 atom stereocenters. The zero-order chi connectivity index (χ0) is 13.4. The number of fused-ring (bicyclic) bond motifs is 1. The van der Waals surface area contributed by atoms with Crippen LogP contribution >= 0.6 is 11.3 Å². The molecule has 2 aromatic carbocycles. The van der Waals surface area contributed by atoms with E-state index in [-0.39, 0.29) is 11.6 Å². The van der Waals surface area contributed by atoms with E-state index in [2.05, 4.69) is 10.3 Å². The average Bonchev–Trinajstić information content (AvgIpc) is 2.68. The molecule has 3 aromatic rings. The summed E-state index contributed by atoms with van der Waals surface area (Å²) in [5.74, 6) is -0.611. The molecule has 3 rings (SSSR count). The molecule has 1 N–H and O–H groups in total. The van der Waals surface area contributed by atoms with Crippen LogP contribution in [-0.2, 0) is 0 Å². The summed E-state index contributed by atoms with van der Waals surface area (Å²) in [6, 6.07) is 9.16. The Morgan fingerprint density at radius 2 is 1.89 bits per heavy atom. The van der Waals surface area contributed by atoms with E-state index in [9.17, 15) is 8.78 Å². The van der Waals surface area contributed by atoms with E-state index in [1.165, 1.54) is 35.6 Å². The molecule has 0 spiro atoms. The van der Waals surface area contributed by atoms with Crippen LogP contribution < -0.4 is 5.32 Å². The topological polar surface area (TPSA) is 24.9 Å². The first-order chi connectivity index (χ1) is 9.10. The van der Waals surface area contributed by atoms with Crippen molar-refractivity contribution in [3.05, 3.63) is 53.6 Å². The normalized spacial score (nSPS) is 10.9. The third kappa shape index (κ3) is 2.56. The van der Waals surface area contributed by atoms with Gasteiger partial charge >= 0.3 is 0 Å². The lowest BCUT2D eigenvalue weighted by Crippen LogP contribution is -1.91. The van der Waals surface area contributed by atoms with Gasteiger partial charge in [-0.25, -0.2) is 13.8 Å². The van der Waals surface area contributed by atoms with Gasteiger partial charge in [-0.05, 0) is 42.8 Å². The van der Waals surface area contributed by atoms with E-state index in [4.69, 9.17) is 0 Å². The molecule has 0 aliphatic rings. The predicted molar refractivity (Wildman–Crippen MR) is 74.0 cm³/mol. The number of halogens is 2. The molecule has 0 saturated carbocycles. The van der Waals surface area contributed by atoms with E-state index in [0.29, 0.717) is 16.3 Å². The molecule has 0 unspecified atom stereocenters. The lowest BCUT2D eigenvalue weighted by Gasteiger charge is -2.03. The second kappa shape index (κ2) is 4.59. The molecule has 1 aromatic heterocycles. The van der Waals surface area contributed by atoms with Crippen LogP contribution in [0.5, 0.6) is 0 Å². The van der Waals surface area contributed by atoms with Crippen LogP contribution in [0.3, 0.4) is 0 Å². The summed E-state index contributed by atoms with van der Waals surface area (Å²) >= 11 is 1.40. The van der Waals surface area contributed by atoms with Gasteiger partial charge < -0.3 is 5.32 Å². The molecule has 1 heterocycles. The fourth-order valence-electron chi connectivity index (χ4n) is 1.89. The summed E-state index contributed by atoms with van der Waals surface area (Å²) in [7, 11) is 0. The fraction of sp³-hybridized carbons (Fsp3) is 0.0714. The largest absolute Gasteiger partial charge is 0.331 e. The zero-order valence-corrected chi connectivity index (χ0v) is 10.9. The highest BCUT2D eigenvalue weighted by molar-refractivity contribution is 7.22. The summed E-state index contributed by atoms with van der Waals surface area (Å²) in [6.07, 6.45) is 0. The standard InChI is InChI=1S/C14H10F2N2S/c1-8-4-10(16)6-11(5-8)17-14-18-12-7-9(15)2-3-13(12)19-14/h2-7H,1H3,(H,17,18). The van der Waals surface area contributed by atoms with E-state index in [1.807, 2.05) is 13.0 Å². The van der Waals surface area contributed by atoms with Gasteiger partial charge in [-0.3, -0.25) is 0 Å². The highest BCUT2D eigenvalue weighted by Gasteiger charge is 2.06. The molecular weight excluding hydrogens is 266 g/mol. The van der Waals surface area contributed by atoms with Crippen LogP contribution in [0.1, 0.15) is 5.56 Å². The molecular formula is C14H10F2N2S. The lowest BCUT2D eigenvalue weighted by atomic mass is 10.2. The van der Waals surface area contributed by atoms with Crippen LogP contribution in [-0.4, -0.2) is 4.98 Å². The maximum atomic E-state index is 13.3. The number of anilines is 2. The van der Waals surface area contributed by atoms with Crippen molar-refractivity contribution in [2.24, 2.45) is 0 Å². The number of nitrogens with zero attached hydrogens (tertiary/aromatic N) is 1. The Morgan fingerprint density at radius 1 is 1.05 bits per heavy atom. The quantitative estimate of drug-likeness (QED) is 0.738. The Hall–Kier alpha value is -2.01. The molecule has 96 valence electrons. The summed E-state index contributed by atoms with van der Waals surface area (Å²) in [4.78, 5) is 4.27. The number of benzene rings is 2. The minimum absolute atomic E-state index is 0.297. The Labute approximate surface area is 112 Å². The van der Waals surface area contributed by atoms with E-state index in [1.54, 1.807) is 6.07 Å². The third-order valence-corrected chi connectivity index (χ3v) is 3.59. The molecule has 0 fully saturated rings. The first kappa shape index (κ1) is 12.0. The maximum absolute atomic E-state index is 13.3. The van der Waals surface area contributed by atoms with Crippen LogP contribution in [0.2, 0.25) is 0 Å². The second-order valence-electron chi connectivity index (χ2n) is 4.27. The van der Waals surface area contributed by atoms with Crippen molar-refractivity contribution in [2.75, 3.05) is 5.32 Å². The lowest BCUT2D eigenvalue weighted by molar-refractivity contribution is 0.627. The number of hydrogen-bond acceptors (Lipinski definition) is 3. The van der Waals surface area contributed by atoms with Gasteiger partial charge in [0, 0.05) is 11.8 Å². The second-order valence-corrected chi connectivity index (χ2v) is 5.30. The zero-order valence-electron chi connectivity index (χ0n) is 10.1. The molecule has 2 nitrogen and oxygen atoms in total. The van der Waals surface area contributed by atoms with Gasteiger partial charge in [0.1, 0.15) is 11.6 Å². The van der Waals surface area contributed by atoms with Crippen molar-refractivity contribution in [1.82, 2.24) is 4.98 Å². The number of thiazole rings is 1. The van der Waals surface area contributed by atoms with Crippen molar-refractivity contribution in [3.8, 4) is 0 Å². The minimum Gasteiger partial charge on any atom is -0.331 e. The summed E-state index contributed by atoms with van der Waals surface area (Å²) in [5.41, 5.74) is 2.06. The van der Waals surface area contributed by atoms with E-state index in [0.717, 1.165) is 10.3 Å². The van der Waals surface area contributed by atoms with Crippen LogP contribution in [0.25, 0.3) is 10.2 Å². The Kier molecular flexibility index (Phi) is 2.91. The van der Waals surface area contributed by atoms with Crippen molar-refractivity contribution in [1.29, 1.82) is 0 Å². The van der Waals surface area contributed by atoms with Gasteiger partial charge in [0.2, 0.25) is 0 Å². The predicted octanol–water partition coefficient (Wildman–Crippen LogP) is 4.63. The van der Waals surface area contributed by atoms with Crippen molar-refractivity contribution in [2.45, 2.75) is 6.92 Å². The van der Waals surface area contributed by atoms with Crippen LogP contribution in [0.4, 0.5) is 19.6 Å². The number of aryl methyl sites for hydroxylation is 1. The van der Waals surface area contributed by atoms with Crippen molar-refractivity contribution >= 4 is 32.4 Å². The molecule has 0 bridgehead atoms. The van der Waals surface area contributed by atoms with Crippen LogP contribution in [0, 0.1) is 18.6 Å². The molecule has 0 amide bonds. The van der Waals surface area contributed by atoms with E-state index < -0.39 is 0 Å². The number of aromatic nitrogens is 1. The molecule has 0 saturated heterocycles. The number of hydrogen-bond donors (Lipinski definition) is 1. The highest BCUT2D eigenvalue weighted by Crippen LogP contribution is 2.29. The number of rotatable bonds is 2. The van der Waals surface area contributed by atoms with Gasteiger partial charge in [0.05, 0.1) is 10.2 Å². The molecule has 0 aliphatic carbocycles. The monoisotopic (exact) mass is 276 g/mol. The number of nitrogens with one attached hydrogen (secondary N) is 1. The van der Waals surface area contributed by atoms with Gasteiger partial charge in [0.25, 0.3) is 0 Å². The van der Waals surface area contributed by atoms with Gasteiger partial charge in [-0.1, -0.05) is 11.3 Å². The Bertz CT molecular complexity index is 732. The molecule has 0 radical (unpaired) electrons. The molecule has 19 heavy (non-hydrogen) atoms. The average molecular weight is 276 g/mol. The fourth-order valence-corrected chi connectivity index (χ4v) is 2.75. The van der Waals surface area contributed by atoms with E-state index >= 15 is 0 Å². The summed E-state index contributed by atoms with van der Waals surface area (Å²) in [5, 5.41) is 3.66. The summed E-state index contributed by atoms with van der Waals surface area (Å²) in [6.45, 7) is 1.82. The van der Waals surface area contributed by atoms with Crippen molar-refractivity contribution < 1.29 is 8.78 Å². The minimum atomic E-state index is -0.314. The van der Waals surface area contributed by atoms with Gasteiger partial charge in [0.15, 0.2) is 5.13 Å². The first-order valence-corrected chi connectivity index (χ1v) is 6.52. The summed E-state index contributed by atoms with van der Waals surface area (Å²) < 4.78 is 27.2. The third-order valence-electron chi connectivity index (χ3n) is 2.64. The van der Waals surface area contributed by atoms with Gasteiger partial charge in [-0.2, -0.15) is 0 Å². The maximum Gasteiger partial charge on any atom is 0.188 e. The van der Waals surface area contributed by atoms with Crippen molar-refractivity contribution in [3.63, 3.8) is 0 Å². The highest BCUT2D eigenvalue weighted by atomic mass is 32.1. The first-order valence-electron chi connectivity index (χ1n) is 5.70. The molecule has 0 aliphatic heterocycles. The Morgan fingerprint density at radius 3 is 2.68 bits per heavy atom. The smallest absolute Gasteiger partial charge is 0.188 e. The van der Waals surface area contributed by atoms with Crippen LogP contribution in [0.15, 0.2) is 36.4 Å². The molecule has 5 heteroatoms. The SMILES string of the molecule is Cc1cc(F)cc(Nc2nc3cc(F)ccc3s2)c1.